The number of carbonyl (C=O) groups is 1. The second-order valence-corrected chi connectivity index (χ2v) is 5.33. The van der Waals surface area contributed by atoms with E-state index in [9.17, 15) is 9.90 Å². The van der Waals surface area contributed by atoms with Crippen molar-refractivity contribution < 1.29 is 14.6 Å². The fraction of sp³-hybridized carbons (Fsp3) is 0.333. The lowest BCUT2D eigenvalue weighted by atomic mass is 10.00. The van der Waals surface area contributed by atoms with Gasteiger partial charge < -0.3 is 15.2 Å². The van der Waals surface area contributed by atoms with Crippen LogP contribution in [0.2, 0.25) is 0 Å². The average molecular weight is 264 g/mol. The lowest BCUT2D eigenvalue weighted by molar-refractivity contribution is -0.142. The third-order valence-electron chi connectivity index (χ3n) is 3.07. The normalized spacial score (nSPS) is 23.3. The number of hydrogen-bond donors (Lipinski definition) is 2. The molecule has 1 atom stereocenters. The fourth-order valence-electron chi connectivity index (χ4n) is 2.02. The number of nitrogens with zero attached hydrogens (tertiary/aromatic N) is 1. The van der Waals surface area contributed by atoms with E-state index in [2.05, 4.69) is 10.3 Å². The molecule has 2 heterocycles. The van der Waals surface area contributed by atoms with Crippen molar-refractivity contribution in [1.82, 2.24) is 4.98 Å². The molecule has 0 saturated carbocycles. The van der Waals surface area contributed by atoms with Crippen LogP contribution in [0.4, 0.5) is 5.13 Å². The number of fused-ring (bicyclic) bond motifs is 1. The van der Waals surface area contributed by atoms with E-state index in [0.29, 0.717) is 18.2 Å². The first-order valence-corrected chi connectivity index (χ1v) is 6.46. The number of aliphatic carboxylic acids is 1. The Hall–Kier alpha value is -1.66. The van der Waals surface area contributed by atoms with Gasteiger partial charge in [0.1, 0.15) is 0 Å². The van der Waals surface area contributed by atoms with Crippen molar-refractivity contribution in [3.8, 4) is 0 Å². The number of rotatable bonds is 3. The Morgan fingerprint density at radius 3 is 3.00 bits per heavy atom. The molecule has 2 aromatic rings. The zero-order chi connectivity index (χ0) is 12.6. The van der Waals surface area contributed by atoms with Gasteiger partial charge in [-0.25, -0.2) is 9.78 Å². The third-order valence-corrected chi connectivity index (χ3v) is 4.02. The van der Waals surface area contributed by atoms with Crippen LogP contribution in [0.25, 0.3) is 10.2 Å². The average Bonchev–Trinajstić information content (AvgIpc) is 2.95. The Bertz CT molecular complexity index is 557. The summed E-state index contributed by atoms with van der Waals surface area (Å²) in [6.07, 6.45) is 0.457. The summed E-state index contributed by atoms with van der Waals surface area (Å²) in [7, 11) is 0. The van der Waals surface area contributed by atoms with E-state index < -0.39 is 11.5 Å². The molecule has 1 aliphatic heterocycles. The Kier molecular flexibility index (Phi) is 2.68. The van der Waals surface area contributed by atoms with Gasteiger partial charge in [-0.05, 0) is 12.1 Å². The zero-order valence-electron chi connectivity index (χ0n) is 9.55. The molecule has 0 amide bonds. The number of benzene rings is 1. The molecule has 1 fully saturated rings. The number of para-hydroxylation sites is 1. The molecule has 6 heteroatoms. The van der Waals surface area contributed by atoms with Crippen LogP contribution in [0.15, 0.2) is 24.3 Å². The minimum atomic E-state index is -1.03. The Labute approximate surface area is 107 Å². The SMILES string of the molecule is O=C(O)C1(Nc2nc3ccccc3s2)CCOC1. The Balaban J connectivity index is 1.93. The summed E-state index contributed by atoms with van der Waals surface area (Å²) in [5.41, 5.74) is -0.155. The summed E-state index contributed by atoms with van der Waals surface area (Å²) in [6.45, 7) is 0.641. The first-order chi connectivity index (χ1) is 8.70. The van der Waals surface area contributed by atoms with Gasteiger partial charge in [-0.2, -0.15) is 0 Å². The van der Waals surface area contributed by atoms with E-state index in [1.54, 1.807) is 0 Å². The lowest BCUT2D eigenvalue weighted by Gasteiger charge is -2.22. The van der Waals surface area contributed by atoms with Crippen molar-refractivity contribution in [1.29, 1.82) is 0 Å². The van der Waals surface area contributed by atoms with Gasteiger partial charge in [-0.1, -0.05) is 23.5 Å². The van der Waals surface area contributed by atoms with E-state index >= 15 is 0 Å². The summed E-state index contributed by atoms with van der Waals surface area (Å²) in [6, 6.07) is 7.74. The molecular weight excluding hydrogens is 252 g/mol. The van der Waals surface area contributed by atoms with Crippen LogP contribution in [0.1, 0.15) is 6.42 Å². The van der Waals surface area contributed by atoms with Crippen LogP contribution in [0.5, 0.6) is 0 Å². The van der Waals surface area contributed by atoms with Gasteiger partial charge in [0.05, 0.1) is 16.8 Å². The monoisotopic (exact) mass is 264 g/mol. The van der Waals surface area contributed by atoms with E-state index in [4.69, 9.17) is 4.74 Å². The highest BCUT2D eigenvalue weighted by molar-refractivity contribution is 7.22. The summed E-state index contributed by atoms with van der Waals surface area (Å²) < 4.78 is 6.24. The zero-order valence-corrected chi connectivity index (χ0v) is 10.4. The quantitative estimate of drug-likeness (QED) is 0.886. The predicted octanol–water partition coefficient (Wildman–Crippen LogP) is 1.95. The first kappa shape index (κ1) is 11.4. The van der Waals surface area contributed by atoms with Gasteiger partial charge >= 0.3 is 5.97 Å². The molecule has 18 heavy (non-hydrogen) atoms. The maximum absolute atomic E-state index is 11.4. The van der Waals surface area contributed by atoms with Gasteiger partial charge in [0, 0.05) is 13.0 Å². The minimum Gasteiger partial charge on any atom is -0.479 e. The molecule has 0 aliphatic carbocycles. The maximum Gasteiger partial charge on any atom is 0.331 e. The predicted molar refractivity (Wildman–Crippen MR) is 69.0 cm³/mol. The van der Waals surface area contributed by atoms with E-state index in [1.165, 1.54) is 11.3 Å². The van der Waals surface area contributed by atoms with Crippen LogP contribution >= 0.6 is 11.3 Å². The molecule has 1 saturated heterocycles. The number of carboxylic acid groups (broad SMARTS) is 1. The third kappa shape index (κ3) is 1.83. The molecule has 94 valence electrons. The molecule has 1 unspecified atom stereocenters. The van der Waals surface area contributed by atoms with Crippen molar-refractivity contribution in [2.24, 2.45) is 0 Å². The van der Waals surface area contributed by atoms with Crippen LogP contribution in [0, 0.1) is 0 Å². The molecule has 1 aliphatic rings. The number of aromatic nitrogens is 1. The molecular formula is C12H12N2O3S. The number of thiazole rings is 1. The van der Waals surface area contributed by atoms with Crippen molar-refractivity contribution in [2.75, 3.05) is 18.5 Å². The fourth-order valence-corrected chi connectivity index (χ4v) is 2.98. The molecule has 3 rings (SSSR count). The van der Waals surface area contributed by atoms with Crippen molar-refractivity contribution in [3.63, 3.8) is 0 Å². The van der Waals surface area contributed by atoms with Gasteiger partial charge in [-0.15, -0.1) is 0 Å². The number of carboxylic acids is 1. The number of hydrogen-bond acceptors (Lipinski definition) is 5. The van der Waals surface area contributed by atoms with Crippen LogP contribution in [0.3, 0.4) is 0 Å². The lowest BCUT2D eigenvalue weighted by Crippen LogP contribution is -2.46. The van der Waals surface area contributed by atoms with Gasteiger partial charge in [0.15, 0.2) is 10.7 Å². The number of nitrogens with one attached hydrogen (secondary N) is 1. The Morgan fingerprint density at radius 2 is 2.33 bits per heavy atom. The largest absolute Gasteiger partial charge is 0.479 e. The summed E-state index contributed by atoms with van der Waals surface area (Å²) in [5, 5.41) is 13.0. The smallest absolute Gasteiger partial charge is 0.331 e. The molecule has 0 bridgehead atoms. The first-order valence-electron chi connectivity index (χ1n) is 5.65. The Morgan fingerprint density at radius 1 is 1.50 bits per heavy atom. The van der Waals surface area contributed by atoms with E-state index in [-0.39, 0.29) is 6.61 Å². The van der Waals surface area contributed by atoms with Gasteiger partial charge in [-0.3, -0.25) is 0 Å². The summed E-state index contributed by atoms with van der Waals surface area (Å²) in [4.78, 5) is 15.8. The van der Waals surface area contributed by atoms with E-state index in [0.717, 1.165) is 10.2 Å². The number of ether oxygens (including phenoxy) is 1. The van der Waals surface area contributed by atoms with Gasteiger partial charge in [0.2, 0.25) is 0 Å². The van der Waals surface area contributed by atoms with Crippen LogP contribution < -0.4 is 5.32 Å². The van der Waals surface area contributed by atoms with Crippen molar-refractivity contribution >= 4 is 32.7 Å². The highest BCUT2D eigenvalue weighted by Gasteiger charge is 2.43. The van der Waals surface area contributed by atoms with Crippen molar-refractivity contribution in [2.45, 2.75) is 12.0 Å². The van der Waals surface area contributed by atoms with Crippen LogP contribution in [-0.2, 0) is 9.53 Å². The second-order valence-electron chi connectivity index (χ2n) is 4.30. The van der Waals surface area contributed by atoms with Crippen molar-refractivity contribution in [3.05, 3.63) is 24.3 Å². The minimum absolute atomic E-state index is 0.179. The standard InChI is InChI=1S/C12H12N2O3S/c15-10(16)12(5-6-17-7-12)14-11-13-8-3-1-2-4-9(8)18-11/h1-4H,5-7H2,(H,13,14)(H,15,16). The molecule has 0 spiro atoms. The number of anilines is 1. The van der Waals surface area contributed by atoms with Gasteiger partial charge in [0.25, 0.3) is 0 Å². The molecule has 5 nitrogen and oxygen atoms in total. The molecule has 2 N–H and O–H groups in total. The summed E-state index contributed by atoms with van der Waals surface area (Å²) in [5.74, 6) is -0.890. The maximum atomic E-state index is 11.4. The van der Waals surface area contributed by atoms with E-state index in [1.807, 2.05) is 24.3 Å². The molecule has 1 aromatic heterocycles. The highest BCUT2D eigenvalue weighted by Crippen LogP contribution is 2.30. The van der Waals surface area contributed by atoms with Crippen LogP contribution in [-0.4, -0.2) is 34.8 Å². The summed E-state index contributed by atoms with van der Waals surface area (Å²) >= 11 is 1.46. The molecule has 1 aromatic carbocycles. The second kappa shape index (κ2) is 4.22. The highest BCUT2D eigenvalue weighted by atomic mass is 32.1. The molecule has 0 radical (unpaired) electrons. The topological polar surface area (TPSA) is 71.5 Å².